The van der Waals surface area contributed by atoms with Crippen molar-refractivity contribution < 1.29 is 4.79 Å². The van der Waals surface area contributed by atoms with Crippen LogP contribution in [-0.4, -0.2) is 44.4 Å². The Bertz CT molecular complexity index is 1680. The summed E-state index contributed by atoms with van der Waals surface area (Å²) < 4.78 is 0. The van der Waals surface area contributed by atoms with Crippen molar-refractivity contribution in [1.29, 1.82) is 0 Å². The van der Waals surface area contributed by atoms with Crippen molar-refractivity contribution in [3.8, 4) is 11.1 Å². The van der Waals surface area contributed by atoms with Crippen LogP contribution < -0.4 is 11.5 Å². The van der Waals surface area contributed by atoms with Crippen LogP contribution in [0.3, 0.4) is 0 Å². The molecule has 45 heavy (non-hydrogen) atoms. The molecule has 5 rings (SSSR count). The minimum atomic E-state index is -0.190. The zero-order valence-electron chi connectivity index (χ0n) is 26.3. The monoisotopic (exact) mass is 600 g/mol. The molecule has 0 spiro atoms. The first-order valence-corrected chi connectivity index (χ1v) is 15.9. The summed E-state index contributed by atoms with van der Waals surface area (Å²) >= 11 is 0. The molecule has 1 aliphatic carbocycles. The Morgan fingerprint density at radius 2 is 1.82 bits per heavy atom. The van der Waals surface area contributed by atoms with Gasteiger partial charge in [-0.3, -0.25) is 19.7 Å². The van der Waals surface area contributed by atoms with Gasteiger partial charge < -0.3 is 16.4 Å². The lowest BCUT2D eigenvalue weighted by molar-refractivity contribution is 0.0756. The molecule has 1 saturated carbocycles. The Kier molecular flexibility index (Phi) is 10.7. The fourth-order valence-electron chi connectivity index (χ4n) is 6.15. The summed E-state index contributed by atoms with van der Waals surface area (Å²) in [6.07, 6.45) is 17.7. The molecule has 3 aromatic heterocycles. The van der Waals surface area contributed by atoms with Gasteiger partial charge in [0.15, 0.2) is 0 Å². The number of rotatable bonds is 14. The van der Waals surface area contributed by atoms with Gasteiger partial charge in [0.2, 0.25) is 0 Å². The fraction of sp³-hybridized carbons (Fsp3) is 0.316. The van der Waals surface area contributed by atoms with E-state index in [1.54, 1.807) is 30.7 Å². The van der Waals surface area contributed by atoms with Crippen molar-refractivity contribution in [2.45, 2.75) is 64.0 Å². The van der Waals surface area contributed by atoms with Gasteiger partial charge in [0, 0.05) is 52.9 Å². The van der Waals surface area contributed by atoms with E-state index in [1.807, 2.05) is 36.1 Å². The standard InChI is InChI=1S/C38H44N6O/c1-3-10-31(38(40)19-9-20-38)13-8-14-34-32(29-11-6-5-7-12-29)25-33-35(43-34)18-24-42-36(33)27-44(26-28(4-2)15-21-39)37(45)30-16-22-41-23-17-30/h3-7,10-12,16-18,22-25H,1,8-9,13-15,19-21,26-27,39-40H2,2H3/b28-4+,31-10+. The topological polar surface area (TPSA) is 111 Å². The summed E-state index contributed by atoms with van der Waals surface area (Å²) in [5, 5.41) is 0.941. The van der Waals surface area contributed by atoms with Gasteiger partial charge in [0.05, 0.1) is 17.8 Å². The number of aromatic nitrogens is 3. The van der Waals surface area contributed by atoms with E-state index in [0.717, 1.165) is 77.5 Å². The zero-order valence-corrected chi connectivity index (χ0v) is 26.3. The molecular weight excluding hydrogens is 556 g/mol. The van der Waals surface area contributed by atoms with Crippen LogP contribution >= 0.6 is 0 Å². The number of allylic oxidation sites excluding steroid dienone is 3. The van der Waals surface area contributed by atoms with E-state index in [2.05, 4.69) is 48.0 Å². The first-order valence-electron chi connectivity index (χ1n) is 15.9. The predicted molar refractivity (Wildman–Crippen MR) is 183 cm³/mol. The van der Waals surface area contributed by atoms with Crippen LogP contribution in [0.4, 0.5) is 0 Å². The summed E-state index contributed by atoms with van der Waals surface area (Å²) in [6, 6.07) is 18.0. The highest BCUT2D eigenvalue weighted by atomic mass is 16.2. The molecular formula is C38H44N6O. The summed E-state index contributed by atoms with van der Waals surface area (Å²) in [5.41, 5.74) is 20.3. The molecule has 3 heterocycles. The minimum Gasteiger partial charge on any atom is -0.330 e. The summed E-state index contributed by atoms with van der Waals surface area (Å²) in [7, 11) is 0. The van der Waals surface area contributed by atoms with Crippen molar-refractivity contribution in [2.75, 3.05) is 13.1 Å². The van der Waals surface area contributed by atoms with E-state index in [1.165, 1.54) is 12.0 Å². The Morgan fingerprint density at radius 3 is 2.49 bits per heavy atom. The number of carbonyl (C=O) groups excluding carboxylic acids is 1. The van der Waals surface area contributed by atoms with E-state index < -0.39 is 0 Å². The highest BCUT2D eigenvalue weighted by Crippen LogP contribution is 2.38. The largest absolute Gasteiger partial charge is 0.330 e. The van der Waals surface area contributed by atoms with Crippen LogP contribution in [0.2, 0.25) is 0 Å². The van der Waals surface area contributed by atoms with Crippen LogP contribution in [0.5, 0.6) is 0 Å². The number of hydrogen-bond donors (Lipinski definition) is 2. The van der Waals surface area contributed by atoms with Crippen LogP contribution in [0.1, 0.15) is 67.2 Å². The maximum Gasteiger partial charge on any atom is 0.254 e. The molecule has 1 aromatic carbocycles. The van der Waals surface area contributed by atoms with Crippen molar-refractivity contribution in [2.24, 2.45) is 11.5 Å². The second-order valence-corrected chi connectivity index (χ2v) is 11.8. The average Bonchev–Trinajstić information content (AvgIpc) is 3.06. The summed E-state index contributed by atoms with van der Waals surface area (Å²) in [4.78, 5) is 29.7. The highest BCUT2D eigenvalue weighted by molar-refractivity contribution is 5.94. The van der Waals surface area contributed by atoms with Gasteiger partial charge in [0.25, 0.3) is 5.91 Å². The van der Waals surface area contributed by atoms with Gasteiger partial charge in [-0.05, 0) is 88.2 Å². The molecule has 0 bridgehead atoms. The zero-order chi connectivity index (χ0) is 31.6. The molecule has 7 nitrogen and oxygen atoms in total. The molecule has 4 aromatic rings. The van der Waals surface area contributed by atoms with E-state index in [9.17, 15) is 4.79 Å². The number of aryl methyl sites for hydroxylation is 1. The van der Waals surface area contributed by atoms with Crippen molar-refractivity contribution in [3.63, 3.8) is 0 Å². The van der Waals surface area contributed by atoms with Gasteiger partial charge in [-0.15, -0.1) is 0 Å². The number of carbonyl (C=O) groups is 1. The second-order valence-electron chi connectivity index (χ2n) is 11.8. The maximum absolute atomic E-state index is 13.8. The normalized spacial score (nSPS) is 14.6. The number of fused-ring (bicyclic) bond motifs is 1. The molecule has 4 N–H and O–H groups in total. The minimum absolute atomic E-state index is 0.0760. The smallest absolute Gasteiger partial charge is 0.254 e. The predicted octanol–water partition coefficient (Wildman–Crippen LogP) is 6.95. The Hall–Kier alpha value is -4.46. The van der Waals surface area contributed by atoms with Gasteiger partial charge in [-0.25, -0.2) is 0 Å². The Morgan fingerprint density at radius 1 is 1.04 bits per heavy atom. The first-order chi connectivity index (χ1) is 22.0. The van der Waals surface area contributed by atoms with Crippen molar-refractivity contribution >= 4 is 16.8 Å². The van der Waals surface area contributed by atoms with Crippen LogP contribution in [0, 0.1) is 0 Å². The van der Waals surface area contributed by atoms with E-state index >= 15 is 0 Å². The molecule has 1 fully saturated rings. The average molecular weight is 601 g/mol. The molecule has 0 saturated heterocycles. The van der Waals surface area contributed by atoms with Gasteiger partial charge in [0.1, 0.15) is 0 Å². The number of nitrogens with zero attached hydrogens (tertiary/aromatic N) is 4. The van der Waals surface area contributed by atoms with Crippen LogP contribution in [0.25, 0.3) is 22.0 Å². The number of nitrogens with two attached hydrogens (primary N) is 2. The number of hydrogen-bond acceptors (Lipinski definition) is 6. The van der Waals surface area contributed by atoms with Gasteiger partial charge in [-0.2, -0.15) is 0 Å². The van der Waals surface area contributed by atoms with Crippen molar-refractivity contribution in [3.05, 3.63) is 126 Å². The first kappa shape index (κ1) is 31.9. The van der Waals surface area contributed by atoms with Crippen molar-refractivity contribution in [1.82, 2.24) is 19.9 Å². The third-order valence-electron chi connectivity index (χ3n) is 8.88. The maximum atomic E-state index is 13.8. The third-order valence-corrected chi connectivity index (χ3v) is 8.88. The molecule has 0 atom stereocenters. The SMILES string of the molecule is C=C/C=C(\CCCc1nc2ccnc(CN(C/C(=C/C)CCN)C(=O)c3ccncc3)c2cc1-c1ccccc1)C1(N)CCC1. The summed E-state index contributed by atoms with van der Waals surface area (Å²) in [6.45, 7) is 7.24. The quantitative estimate of drug-likeness (QED) is 0.120. The van der Waals surface area contributed by atoms with Crippen LogP contribution in [0.15, 0.2) is 109 Å². The molecule has 232 valence electrons. The lowest BCUT2D eigenvalue weighted by atomic mass is 9.70. The van der Waals surface area contributed by atoms with Crippen LogP contribution in [-0.2, 0) is 13.0 Å². The Labute approximate surface area is 266 Å². The molecule has 0 aliphatic heterocycles. The molecule has 1 aliphatic rings. The molecule has 7 heteroatoms. The number of amides is 1. The third kappa shape index (κ3) is 7.62. The molecule has 0 unspecified atom stereocenters. The lowest BCUT2D eigenvalue weighted by Gasteiger charge is -2.40. The van der Waals surface area contributed by atoms with Gasteiger partial charge >= 0.3 is 0 Å². The lowest BCUT2D eigenvalue weighted by Crippen LogP contribution is -2.48. The number of pyridine rings is 3. The van der Waals surface area contributed by atoms with E-state index in [0.29, 0.717) is 25.2 Å². The second kappa shape index (κ2) is 15.0. The van der Waals surface area contributed by atoms with Gasteiger partial charge in [-0.1, -0.05) is 66.3 Å². The highest BCUT2D eigenvalue weighted by Gasteiger charge is 2.35. The molecule has 1 amide bonds. The number of benzene rings is 1. The van der Waals surface area contributed by atoms with E-state index in [-0.39, 0.29) is 11.4 Å². The van der Waals surface area contributed by atoms with E-state index in [4.69, 9.17) is 21.4 Å². The Balaban J connectivity index is 1.49. The fourth-order valence-corrected chi connectivity index (χ4v) is 6.15. The molecule has 0 radical (unpaired) electrons. The summed E-state index contributed by atoms with van der Waals surface area (Å²) in [5.74, 6) is -0.0760.